The Hall–Kier alpha value is -1.89. The molecule has 2 aromatic rings. The lowest BCUT2D eigenvalue weighted by Gasteiger charge is -2.18. The molecule has 1 heterocycles. The molecule has 0 radical (unpaired) electrons. The second kappa shape index (κ2) is 3.85. The Bertz CT molecular complexity index is 574. The first-order valence-corrected chi connectivity index (χ1v) is 5.01. The minimum Gasteiger partial charge on any atom is -0.361 e. The van der Waals surface area contributed by atoms with E-state index < -0.39 is 11.7 Å². The second-order valence-corrected chi connectivity index (χ2v) is 3.90. The fraction of sp³-hybridized carbons (Fsp3) is 0.182. The van der Waals surface area contributed by atoms with E-state index in [2.05, 4.69) is 4.98 Å². The number of carbonyl (C=O) groups excluding carboxylic acids is 1. The largest absolute Gasteiger partial charge is 0.361 e. The number of benzene rings is 1. The zero-order valence-corrected chi connectivity index (χ0v) is 9.19. The highest BCUT2D eigenvalue weighted by molar-refractivity contribution is 5.92. The van der Waals surface area contributed by atoms with Crippen LogP contribution >= 0.6 is 0 Å². The molecular formula is C11H13N3O3. The number of hydrogen-bond donors (Lipinski definition) is 5. The van der Waals surface area contributed by atoms with E-state index in [0.29, 0.717) is 10.9 Å². The minimum absolute atomic E-state index is 0.0687. The second-order valence-electron chi connectivity index (χ2n) is 3.90. The Labute approximate surface area is 97.0 Å². The average molecular weight is 235 g/mol. The Morgan fingerprint density at radius 3 is 2.82 bits per heavy atom. The molecule has 17 heavy (non-hydrogen) atoms. The maximum atomic E-state index is 11.3. The van der Waals surface area contributed by atoms with Crippen molar-refractivity contribution < 1.29 is 15.0 Å². The molecule has 1 amide bonds. The predicted octanol–water partition coefficient (Wildman–Crippen LogP) is -0.396. The molecule has 90 valence electrons. The summed E-state index contributed by atoms with van der Waals surface area (Å²) in [5.41, 5.74) is 3.45. The molecule has 0 spiro atoms. The number of carbonyl (C=O) groups is 1. The fourth-order valence-electron chi connectivity index (χ4n) is 1.75. The molecule has 0 aliphatic carbocycles. The molecule has 2 rings (SSSR count). The third-order valence-corrected chi connectivity index (χ3v) is 2.66. The van der Waals surface area contributed by atoms with Crippen molar-refractivity contribution in [3.8, 4) is 0 Å². The van der Waals surface area contributed by atoms with Crippen molar-refractivity contribution in [3.05, 3.63) is 35.5 Å². The maximum absolute atomic E-state index is 11.3. The summed E-state index contributed by atoms with van der Waals surface area (Å²) in [6, 6.07) is 5.43. The molecule has 0 aliphatic heterocycles. The zero-order valence-electron chi connectivity index (χ0n) is 9.19. The van der Waals surface area contributed by atoms with Gasteiger partial charge in [0.15, 0.2) is 0 Å². The van der Waals surface area contributed by atoms with E-state index in [9.17, 15) is 15.0 Å². The number of hydrazine groups is 1. The number of aromatic amines is 1. The van der Waals surface area contributed by atoms with Crippen LogP contribution in [0.2, 0.25) is 0 Å². The minimum atomic E-state index is -2.65. The van der Waals surface area contributed by atoms with Crippen molar-refractivity contribution in [2.45, 2.75) is 12.7 Å². The lowest BCUT2D eigenvalue weighted by Crippen LogP contribution is -2.47. The van der Waals surface area contributed by atoms with Crippen LogP contribution in [0.4, 0.5) is 0 Å². The van der Waals surface area contributed by atoms with Gasteiger partial charge in [0.05, 0.1) is 0 Å². The topological polar surface area (TPSA) is 111 Å². The van der Waals surface area contributed by atoms with Crippen LogP contribution in [0.15, 0.2) is 24.4 Å². The van der Waals surface area contributed by atoms with E-state index in [-0.39, 0.29) is 5.56 Å². The van der Waals surface area contributed by atoms with Gasteiger partial charge in [-0.15, -0.1) is 0 Å². The summed E-state index contributed by atoms with van der Waals surface area (Å²) >= 11 is 0. The number of aryl methyl sites for hydroxylation is 1. The molecule has 0 fully saturated rings. The van der Waals surface area contributed by atoms with Gasteiger partial charge in [0.1, 0.15) is 0 Å². The number of hydrogen-bond acceptors (Lipinski definition) is 4. The molecule has 0 atom stereocenters. The molecule has 1 aromatic heterocycles. The maximum Gasteiger partial charge on any atom is 0.298 e. The highest BCUT2D eigenvalue weighted by Gasteiger charge is 2.37. The van der Waals surface area contributed by atoms with E-state index in [1.807, 2.05) is 13.0 Å². The molecule has 1 aromatic carbocycles. The number of H-pyrrole nitrogens is 1. The standard InChI is InChI=1S/C11H13N3O3/c1-6-2-3-9-7(4-6)8(5-13-9)11(16,17)10(15)14-12/h2-5,13,16-17H,12H2,1H3,(H,14,15). The molecule has 0 saturated heterocycles. The highest BCUT2D eigenvalue weighted by Crippen LogP contribution is 2.27. The van der Waals surface area contributed by atoms with Crippen LogP contribution in [-0.4, -0.2) is 21.1 Å². The van der Waals surface area contributed by atoms with Gasteiger partial charge in [-0.05, 0) is 19.1 Å². The first kappa shape index (κ1) is 11.6. The lowest BCUT2D eigenvalue weighted by molar-refractivity contribution is -0.189. The van der Waals surface area contributed by atoms with Crippen molar-refractivity contribution in [3.63, 3.8) is 0 Å². The Kier molecular flexibility index (Phi) is 2.62. The van der Waals surface area contributed by atoms with Crippen LogP contribution in [0.25, 0.3) is 10.9 Å². The molecule has 0 bridgehead atoms. The van der Waals surface area contributed by atoms with Crippen LogP contribution < -0.4 is 11.3 Å². The molecule has 6 heteroatoms. The molecule has 6 nitrogen and oxygen atoms in total. The summed E-state index contributed by atoms with van der Waals surface area (Å²) in [6.45, 7) is 1.87. The van der Waals surface area contributed by atoms with Gasteiger partial charge in [0.2, 0.25) is 0 Å². The Balaban J connectivity index is 2.63. The summed E-state index contributed by atoms with van der Waals surface area (Å²) in [4.78, 5) is 14.2. The normalized spacial score (nSPS) is 11.8. The number of rotatable bonds is 2. The van der Waals surface area contributed by atoms with Gasteiger partial charge in [0.25, 0.3) is 11.7 Å². The van der Waals surface area contributed by atoms with Gasteiger partial charge in [-0.1, -0.05) is 11.6 Å². The monoisotopic (exact) mass is 235 g/mol. The summed E-state index contributed by atoms with van der Waals surface area (Å²) in [6.07, 6.45) is 1.37. The van der Waals surface area contributed by atoms with E-state index >= 15 is 0 Å². The highest BCUT2D eigenvalue weighted by atomic mass is 16.5. The Morgan fingerprint density at radius 1 is 1.47 bits per heavy atom. The van der Waals surface area contributed by atoms with Gasteiger partial charge < -0.3 is 15.2 Å². The van der Waals surface area contributed by atoms with Gasteiger partial charge in [0, 0.05) is 22.7 Å². The van der Waals surface area contributed by atoms with E-state index in [0.717, 1.165) is 5.56 Å². The van der Waals surface area contributed by atoms with Crippen LogP contribution in [0.5, 0.6) is 0 Å². The smallest absolute Gasteiger partial charge is 0.298 e. The predicted molar refractivity (Wildman–Crippen MR) is 61.5 cm³/mol. The van der Waals surface area contributed by atoms with Gasteiger partial charge in [-0.3, -0.25) is 10.2 Å². The number of aliphatic hydroxyl groups is 2. The quantitative estimate of drug-likeness (QED) is 0.211. The van der Waals surface area contributed by atoms with Gasteiger partial charge >= 0.3 is 0 Å². The van der Waals surface area contributed by atoms with Crippen molar-refractivity contribution in [1.82, 2.24) is 10.4 Å². The van der Waals surface area contributed by atoms with E-state index in [1.165, 1.54) is 6.20 Å². The van der Waals surface area contributed by atoms with Crippen LogP contribution in [0, 0.1) is 6.92 Å². The average Bonchev–Trinajstić information content (AvgIpc) is 2.71. The summed E-state index contributed by atoms with van der Waals surface area (Å²) in [5.74, 6) is 1.17. The molecule has 0 saturated carbocycles. The van der Waals surface area contributed by atoms with Crippen LogP contribution in [0.3, 0.4) is 0 Å². The third-order valence-electron chi connectivity index (χ3n) is 2.66. The molecular weight excluding hydrogens is 222 g/mol. The lowest BCUT2D eigenvalue weighted by atomic mass is 10.0. The number of fused-ring (bicyclic) bond motifs is 1. The van der Waals surface area contributed by atoms with Gasteiger partial charge in [-0.2, -0.15) is 0 Å². The molecule has 0 unspecified atom stereocenters. The number of aromatic nitrogens is 1. The van der Waals surface area contributed by atoms with Crippen molar-refractivity contribution in [2.24, 2.45) is 5.84 Å². The molecule has 6 N–H and O–H groups in total. The van der Waals surface area contributed by atoms with Crippen LogP contribution in [0.1, 0.15) is 11.1 Å². The van der Waals surface area contributed by atoms with Crippen molar-refractivity contribution in [1.29, 1.82) is 0 Å². The van der Waals surface area contributed by atoms with Gasteiger partial charge in [-0.25, -0.2) is 5.84 Å². The number of nitrogens with two attached hydrogens (primary N) is 1. The van der Waals surface area contributed by atoms with Crippen LogP contribution in [-0.2, 0) is 10.6 Å². The zero-order chi connectivity index (χ0) is 12.6. The summed E-state index contributed by atoms with van der Waals surface area (Å²) < 4.78 is 0. The third kappa shape index (κ3) is 1.78. The number of nitrogens with one attached hydrogen (secondary N) is 2. The molecule has 0 aliphatic rings. The Morgan fingerprint density at radius 2 is 2.18 bits per heavy atom. The van der Waals surface area contributed by atoms with E-state index in [4.69, 9.17) is 5.84 Å². The summed E-state index contributed by atoms with van der Waals surface area (Å²) in [7, 11) is 0. The van der Waals surface area contributed by atoms with E-state index in [1.54, 1.807) is 17.6 Å². The fourth-order valence-corrected chi connectivity index (χ4v) is 1.75. The SMILES string of the molecule is Cc1ccc2[nH]cc(C(O)(O)C(=O)NN)c2c1. The number of amides is 1. The summed E-state index contributed by atoms with van der Waals surface area (Å²) in [5, 5.41) is 20.1. The first-order chi connectivity index (χ1) is 7.96. The first-order valence-electron chi connectivity index (χ1n) is 5.01. The van der Waals surface area contributed by atoms with Crippen molar-refractivity contribution in [2.75, 3.05) is 0 Å². The van der Waals surface area contributed by atoms with Crippen molar-refractivity contribution >= 4 is 16.8 Å².